The number of hydrogen-bond donors (Lipinski definition) is 1. The highest BCUT2D eigenvalue weighted by atomic mass is 32.1. The van der Waals surface area contributed by atoms with Gasteiger partial charge in [0.2, 0.25) is 5.82 Å². The van der Waals surface area contributed by atoms with Gasteiger partial charge in [-0.25, -0.2) is 4.39 Å². The van der Waals surface area contributed by atoms with Crippen LogP contribution in [0.25, 0.3) is 17.0 Å². The lowest BCUT2D eigenvalue weighted by atomic mass is 9.94. The fourth-order valence-electron chi connectivity index (χ4n) is 4.14. The van der Waals surface area contributed by atoms with Gasteiger partial charge >= 0.3 is 0 Å². The van der Waals surface area contributed by atoms with Gasteiger partial charge in [-0.3, -0.25) is 0 Å². The van der Waals surface area contributed by atoms with Gasteiger partial charge in [-0.05, 0) is 67.7 Å². The van der Waals surface area contributed by atoms with Crippen molar-refractivity contribution in [2.45, 2.75) is 26.3 Å². The quantitative estimate of drug-likeness (QED) is 0.327. The van der Waals surface area contributed by atoms with Gasteiger partial charge in [0.15, 0.2) is 5.11 Å². The van der Waals surface area contributed by atoms with Crippen molar-refractivity contribution >= 4 is 34.2 Å². The topological polar surface area (TPSA) is 54.2 Å². The molecule has 0 spiro atoms. The highest BCUT2D eigenvalue weighted by Crippen LogP contribution is 2.37. The Labute approximate surface area is 206 Å². The van der Waals surface area contributed by atoms with Crippen LogP contribution in [0.3, 0.4) is 0 Å². The molecule has 0 amide bonds. The number of hydrogen-bond acceptors (Lipinski definition) is 5. The van der Waals surface area contributed by atoms with Crippen LogP contribution in [0.4, 0.5) is 4.39 Å². The Morgan fingerprint density at radius 1 is 1.12 bits per heavy atom. The maximum absolute atomic E-state index is 13.6. The van der Waals surface area contributed by atoms with E-state index in [2.05, 4.69) is 32.9 Å². The first-order chi connectivity index (χ1) is 16.5. The first-order valence-corrected chi connectivity index (χ1v) is 12.3. The van der Waals surface area contributed by atoms with Gasteiger partial charge in [-0.15, -0.1) is 11.3 Å². The molecule has 0 saturated carbocycles. The van der Waals surface area contributed by atoms with Crippen LogP contribution < -0.4 is 5.32 Å². The summed E-state index contributed by atoms with van der Waals surface area (Å²) < 4.78 is 19.4. The second-order valence-electron chi connectivity index (χ2n) is 8.21. The first kappa shape index (κ1) is 22.4. The largest absolute Gasteiger partial charge is 0.351 e. The lowest BCUT2D eigenvalue weighted by Gasteiger charge is -2.37. The Morgan fingerprint density at radius 2 is 1.94 bits per heavy atom. The molecule has 34 heavy (non-hydrogen) atoms. The highest BCUT2D eigenvalue weighted by molar-refractivity contribution is 7.80. The van der Waals surface area contributed by atoms with E-state index in [0.29, 0.717) is 16.8 Å². The number of aromatic nitrogens is 2. The molecule has 0 aliphatic carbocycles. The van der Waals surface area contributed by atoms with Crippen molar-refractivity contribution in [3.8, 4) is 11.4 Å². The van der Waals surface area contributed by atoms with Crippen LogP contribution in [0.15, 0.2) is 76.3 Å². The minimum absolute atomic E-state index is 0.290. The van der Waals surface area contributed by atoms with Crippen molar-refractivity contribution in [1.29, 1.82) is 0 Å². The van der Waals surface area contributed by atoms with E-state index in [1.54, 1.807) is 23.5 Å². The van der Waals surface area contributed by atoms with Crippen molar-refractivity contribution in [2.75, 3.05) is 6.54 Å². The monoisotopic (exact) mass is 490 g/mol. The highest BCUT2D eigenvalue weighted by Gasteiger charge is 2.34. The summed E-state index contributed by atoms with van der Waals surface area (Å²) in [7, 11) is 0. The molecule has 0 fully saturated rings. The van der Waals surface area contributed by atoms with E-state index in [0.717, 1.165) is 40.9 Å². The molecule has 3 heterocycles. The van der Waals surface area contributed by atoms with Crippen LogP contribution in [0, 0.1) is 12.7 Å². The predicted molar refractivity (Wildman–Crippen MR) is 137 cm³/mol. The normalized spacial score (nSPS) is 16.1. The summed E-state index contributed by atoms with van der Waals surface area (Å²) in [6, 6.07) is 18.2. The molecule has 0 saturated heterocycles. The summed E-state index contributed by atoms with van der Waals surface area (Å²) in [5.41, 5.74) is 4.64. The molecule has 0 radical (unpaired) electrons. The Morgan fingerprint density at radius 3 is 2.68 bits per heavy atom. The van der Waals surface area contributed by atoms with E-state index >= 15 is 0 Å². The molecule has 1 unspecified atom stereocenters. The fourth-order valence-corrected chi connectivity index (χ4v) is 5.19. The molecular formula is C26H23FN4OS2. The van der Waals surface area contributed by atoms with E-state index in [1.807, 2.05) is 38.1 Å². The van der Waals surface area contributed by atoms with E-state index in [4.69, 9.17) is 21.7 Å². The zero-order valence-electron chi connectivity index (χ0n) is 18.8. The Bertz CT molecular complexity index is 1350. The minimum Gasteiger partial charge on any atom is -0.351 e. The molecule has 2 aromatic carbocycles. The summed E-state index contributed by atoms with van der Waals surface area (Å²) in [6.07, 6.45) is 0.865. The molecular weight excluding hydrogens is 467 g/mol. The molecule has 5 nitrogen and oxygen atoms in total. The van der Waals surface area contributed by atoms with Gasteiger partial charge in [-0.1, -0.05) is 47.1 Å². The van der Waals surface area contributed by atoms with Crippen molar-refractivity contribution in [2.24, 2.45) is 0 Å². The molecule has 1 atom stereocenters. The summed E-state index contributed by atoms with van der Waals surface area (Å²) >= 11 is 7.47. The van der Waals surface area contributed by atoms with Crippen LogP contribution in [0.5, 0.6) is 0 Å². The van der Waals surface area contributed by atoms with Crippen LogP contribution in [0.2, 0.25) is 0 Å². The zero-order chi connectivity index (χ0) is 23.7. The summed E-state index contributed by atoms with van der Waals surface area (Å²) in [5.74, 6) is 0.649. The van der Waals surface area contributed by atoms with Gasteiger partial charge in [0, 0.05) is 22.7 Å². The zero-order valence-corrected chi connectivity index (χ0v) is 20.4. The third-order valence-corrected chi connectivity index (χ3v) is 7.17. The van der Waals surface area contributed by atoms with E-state index in [-0.39, 0.29) is 11.9 Å². The fraction of sp³-hybridized carbons (Fsp3) is 0.192. The smallest absolute Gasteiger partial charge is 0.258 e. The number of rotatable bonds is 6. The average Bonchev–Trinajstić information content (AvgIpc) is 3.52. The molecule has 1 N–H and O–H groups in total. The molecule has 2 aromatic heterocycles. The Kier molecular flexibility index (Phi) is 6.26. The van der Waals surface area contributed by atoms with Gasteiger partial charge in [0.05, 0.1) is 11.6 Å². The number of aryl methyl sites for hydroxylation is 1. The SMILES string of the molecule is CC1=C(c2nc(-c3cccc(C)c3)no2)C(c2ccc(F)cc2)NC(=S)N1CCc1cccs1. The van der Waals surface area contributed by atoms with Crippen LogP contribution in [0.1, 0.15) is 34.9 Å². The molecule has 0 bridgehead atoms. The number of nitrogens with zero attached hydrogens (tertiary/aromatic N) is 3. The van der Waals surface area contributed by atoms with E-state index in [9.17, 15) is 4.39 Å². The number of nitrogens with one attached hydrogen (secondary N) is 1. The molecule has 172 valence electrons. The third kappa shape index (κ3) is 4.51. The Balaban J connectivity index is 1.56. The van der Waals surface area contributed by atoms with Gasteiger partial charge in [0.25, 0.3) is 5.89 Å². The first-order valence-electron chi connectivity index (χ1n) is 11.0. The summed E-state index contributed by atoms with van der Waals surface area (Å²) in [6.45, 7) is 4.76. The molecule has 1 aliphatic rings. The lowest BCUT2D eigenvalue weighted by molar-refractivity contribution is 0.397. The van der Waals surface area contributed by atoms with Crippen molar-refractivity contribution in [1.82, 2.24) is 20.4 Å². The Hall–Kier alpha value is -3.36. The maximum atomic E-state index is 13.6. The molecule has 1 aliphatic heterocycles. The van der Waals surface area contributed by atoms with Gasteiger partial charge in [0.1, 0.15) is 5.82 Å². The van der Waals surface area contributed by atoms with E-state index in [1.165, 1.54) is 17.0 Å². The van der Waals surface area contributed by atoms with Crippen molar-refractivity contribution in [3.05, 3.63) is 99.5 Å². The third-order valence-electron chi connectivity index (χ3n) is 5.89. The second kappa shape index (κ2) is 9.48. The van der Waals surface area contributed by atoms with Crippen molar-refractivity contribution in [3.63, 3.8) is 0 Å². The average molecular weight is 491 g/mol. The van der Waals surface area contributed by atoms with Crippen LogP contribution in [-0.4, -0.2) is 26.7 Å². The van der Waals surface area contributed by atoms with Gasteiger partial charge < -0.3 is 14.7 Å². The molecule has 5 rings (SSSR count). The maximum Gasteiger partial charge on any atom is 0.258 e. The number of thiocarbonyl (C=S) groups is 1. The molecule has 4 aromatic rings. The number of benzene rings is 2. The second-order valence-corrected chi connectivity index (χ2v) is 9.63. The van der Waals surface area contributed by atoms with Crippen LogP contribution in [-0.2, 0) is 6.42 Å². The predicted octanol–water partition coefficient (Wildman–Crippen LogP) is 6.15. The van der Waals surface area contributed by atoms with Gasteiger partial charge in [-0.2, -0.15) is 4.98 Å². The minimum atomic E-state index is -0.336. The number of thiophene rings is 1. The van der Waals surface area contributed by atoms with Crippen molar-refractivity contribution < 1.29 is 8.91 Å². The molecule has 8 heteroatoms. The lowest BCUT2D eigenvalue weighted by Crippen LogP contribution is -2.46. The standard InChI is InChI=1S/C26H23FN4OS2/c1-16-5-3-6-19(15-16)24-29-25(32-30-24)22-17(2)31(13-12-21-7-4-14-34-21)26(33)28-23(22)18-8-10-20(27)11-9-18/h3-11,14-15,23H,12-13H2,1-2H3,(H,28,33). The summed E-state index contributed by atoms with van der Waals surface area (Å²) in [4.78, 5) is 8.10. The van der Waals surface area contributed by atoms with E-state index < -0.39 is 0 Å². The van der Waals surface area contributed by atoms with Crippen LogP contribution >= 0.6 is 23.6 Å². The number of allylic oxidation sites excluding steroid dienone is 1. The summed E-state index contributed by atoms with van der Waals surface area (Å²) in [5, 5.41) is 10.4. The number of halogens is 1.